The molecule has 1 unspecified atom stereocenters. The molecule has 0 bridgehead atoms. The number of fused-ring (bicyclic) bond motifs is 1. The first-order valence-corrected chi connectivity index (χ1v) is 7.36. The average molecular weight is 301 g/mol. The molecule has 2 aromatic heterocycles. The maximum Gasteiger partial charge on any atom is 0.152 e. The summed E-state index contributed by atoms with van der Waals surface area (Å²) < 4.78 is 1.82. The quantitative estimate of drug-likeness (QED) is 0.749. The van der Waals surface area contributed by atoms with Crippen LogP contribution in [0.15, 0.2) is 48.8 Å². The van der Waals surface area contributed by atoms with Gasteiger partial charge in [-0.1, -0.05) is 30.3 Å². The van der Waals surface area contributed by atoms with Crippen molar-refractivity contribution in [3.05, 3.63) is 60.0 Å². The Hall–Kier alpha value is -2.07. The molecule has 1 aromatic carbocycles. The lowest BCUT2D eigenvalue weighted by Crippen LogP contribution is -2.34. The van der Waals surface area contributed by atoms with Crippen LogP contribution >= 0.6 is 11.6 Å². The number of anilines is 1. The highest BCUT2D eigenvalue weighted by molar-refractivity contribution is 6.18. The van der Waals surface area contributed by atoms with Gasteiger partial charge < -0.3 is 5.32 Å². The number of aromatic nitrogens is 3. The normalized spacial score (nSPS) is 14.0. The molecule has 0 spiro atoms. The zero-order chi connectivity index (χ0) is 14.9. The lowest BCUT2D eigenvalue weighted by molar-refractivity contribution is 0.614. The Balaban J connectivity index is 2.03. The summed E-state index contributed by atoms with van der Waals surface area (Å²) in [5.74, 6) is 1.22. The van der Waals surface area contributed by atoms with Gasteiger partial charge in [0.1, 0.15) is 5.52 Å². The van der Waals surface area contributed by atoms with Gasteiger partial charge in [0.15, 0.2) is 5.82 Å². The summed E-state index contributed by atoms with van der Waals surface area (Å²) in [6.45, 7) is 4.04. The van der Waals surface area contributed by atoms with Gasteiger partial charge in [-0.2, -0.15) is 5.10 Å². The molecule has 4 nitrogen and oxygen atoms in total. The highest BCUT2D eigenvalue weighted by atomic mass is 35.5. The second-order valence-electron chi connectivity index (χ2n) is 5.35. The smallest absolute Gasteiger partial charge is 0.152 e. The first-order valence-electron chi connectivity index (χ1n) is 6.83. The van der Waals surface area contributed by atoms with E-state index in [0.717, 1.165) is 22.6 Å². The van der Waals surface area contributed by atoms with Crippen molar-refractivity contribution in [2.24, 2.45) is 0 Å². The van der Waals surface area contributed by atoms with Gasteiger partial charge in [-0.05, 0) is 25.5 Å². The van der Waals surface area contributed by atoms with Crippen molar-refractivity contribution in [2.75, 3.05) is 11.2 Å². The molecule has 0 aliphatic heterocycles. The van der Waals surface area contributed by atoms with Crippen molar-refractivity contribution in [1.82, 2.24) is 14.6 Å². The number of aryl methyl sites for hydroxylation is 1. The van der Waals surface area contributed by atoms with E-state index < -0.39 is 5.54 Å². The minimum absolute atomic E-state index is 0.393. The van der Waals surface area contributed by atoms with Crippen LogP contribution in [-0.2, 0) is 5.54 Å². The van der Waals surface area contributed by atoms with Gasteiger partial charge in [-0.25, -0.2) is 9.50 Å². The van der Waals surface area contributed by atoms with Crippen molar-refractivity contribution < 1.29 is 0 Å². The third-order valence-corrected chi connectivity index (χ3v) is 4.12. The van der Waals surface area contributed by atoms with E-state index >= 15 is 0 Å². The largest absolute Gasteiger partial charge is 0.358 e. The van der Waals surface area contributed by atoms with Crippen LogP contribution < -0.4 is 5.32 Å². The van der Waals surface area contributed by atoms with E-state index in [1.165, 1.54) is 0 Å². The van der Waals surface area contributed by atoms with Crippen molar-refractivity contribution in [3.8, 4) is 0 Å². The molecule has 2 heterocycles. The molecule has 0 radical (unpaired) electrons. The third kappa shape index (κ3) is 2.59. The van der Waals surface area contributed by atoms with E-state index in [2.05, 4.69) is 34.5 Å². The van der Waals surface area contributed by atoms with Crippen LogP contribution in [0.2, 0.25) is 0 Å². The summed E-state index contributed by atoms with van der Waals surface area (Å²) >= 11 is 6.24. The number of hydrogen-bond donors (Lipinski definition) is 1. The molecule has 0 aliphatic carbocycles. The molecule has 1 N–H and O–H groups in total. The highest BCUT2D eigenvalue weighted by Crippen LogP contribution is 2.28. The number of benzene rings is 1. The van der Waals surface area contributed by atoms with Crippen molar-refractivity contribution in [3.63, 3.8) is 0 Å². The van der Waals surface area contributed by atoms with Crippen LogP contribution in [0.1, 0.15) is 18.2 Å². The second kappa shape index (κ2) is 5.37. The molecule has 5 heteroatoms. The topological polar surface area (TPSA) is 42.2 Å². The van der Waals surface area contributed by atoms with Crippen LogP contribution in [0.4, 0.5) is 5.82 Å². The number of alkyl halides is 1. The summed E-state index contributed by atoms with van der Waals surface area (Å²) in [5.41, 5.74) is 2.64. The van der Waals surface area contributed by atoms with Crippen LogP contribution in [-0.4, -0.2) is 20.5 Å². The Morgan fingerprint density at radius 1 is 1.29 bits per heavy atom. The molecule has 3 rings (SSSR count). The Morgan fingerprint density at radius 2 is 2.05 bits per heavy atom. The Kier molecular flexibility index (Phi) is 3.55. The Labute approximate surface area is 128 Å². The highest BCUT2D eigenvalue weighted by Gasteiger charge is 2.26. The average Bonchev–Trinajstić information content (AvgIpc) is 2.89. The van der Waals surface area contributed by atoms with Gasteiger partial charge >= 0.3 is 0 Å². The first kappa shape index (κ1) is 13.9. The monoisotopic (exact) mass is 300 g/mol. The lowest BCUT2D eigenvalue weighted by Gasteiger charge is -2.30. The van der Waals surface area contributed by atoms with Gasteiger partial charge in [0.05, 0.1) is 11.2 Å². The third-order valence-electron chi connectivity index (χ3n) is 3.58. The molecule has 1 atom stereocenters. The van der Waals surface area contributed by atoms with Crippen LogP contribution in [0.3, 0.4) is 0 Å². The molecule has 0 amide bonds. The van der Waals surface area contributed by atoms with E-state index in [0.29, 0.717) is 5.88 Å². The Morgan fingerprint density at radius 3 is 2.76 bits per heavy atom. The van der Waals surface area contributed by atoms with Crippen molar-refractivity contribution >= 4 is 22.9 Å². The van der Waals surface area contributed by atoms with Crippen molar-refractivity contribution in [2.45, 2.75) is 19.4 Å². The maximum atomic E-state index is 6.24. The molecular formula is C16H17ClN4. The van der Waals surface area contributed by atoms with Gasteiger partial charge in [-0.3, -0.25) is 0 Å². The van der Waals surface area contributed by atoms with Crippen LogP contribution in [0.25, 0.3) is 5.52 Å². The van der Waals surface area contributed by atoms with E-state index in [4.69, 9.17) is 11.6 Å². The van der Waals surface area contributed by atoms with E-state index in [1.54, 1.807) is 6.20 Å². The first-order chi connectivity index (χ1) is 10.1. The second-order valence-corrected chi connectivity index (χ2v) is 5.62. The SMILES string of the molecule is Cc1cc2c(NC(C)(CCl)c3ccccc3)nccn2n1. The zero-order valence-corrected chi connectivity index (χ0v) is 12.8. The fourth-order valence-electron chi connectivity index (χ4n) is 2.39. The standard InChI is InChI=1S/C16H17ClN4/c1-12-10-14-15(18-8-9-21(14)20-12)19-16(2,11-17)13-6-4-3-5-7-13/h3-10H,11H2,1-2H3,(H,18,19). The van der Waals surface area contributed by atoms with E-state index in [9.17, 15) is 0 Å². The van der Waals surface area contributed by atoms with Gasteiger partial charge in [0.25, 0.3) is 0 Å². The summed E-state index contributed by atoms with van der Waals surface area (Å²) in [7, 11) is 0. The number of rotatable bonds is 4. The molecule has 3 aromatic rings. The molecule has 0 fully saturated rings. The molecule has 21 heavy (non-hydrogen) atoms. The predicted molar refractivity (Wildman–Crippen MR) is 85.9 cm³/mol. The maximum absolute atomic E-state index is 6.24. The molecule has 0 saturated heterocycles. The minimum Gasteiger partial charge on any atom is -0.358 e. The molecule has 0 aliphatic rings. The number of halogens is 1. The van der Waals surface area contributed by atoms with E-state index in [-0.39, 0.29) is 0 Å². The predicted octanol–water partition coefficient (Wildman–Crippen LogP) is 3.60. The lowest BCUT2D eigenvalue weighted by atomic mass is 9.94. The molecular weight excluding hydrogens is 284 g/mol. The van der Waals surface area contributed by atoms with Gasteiger partial charge in [0, 0.05) is 18.3 Å². The fraction of sp³-hybridized carbons (Fsp3) is 0.250. The van der Waals surface area contributed by atoms with Gasteiger partial charge in [0.2, 0.25) is 0 Å². The van der Waals surface area contributed by atoms with Crippen molar-refractivity contribution in [1.29, 1.82) is 0 Å². The molecule has 108 valence electrons. The molecule has 0 saturated carbocycles. The summed E-state index contributed by atoms with van der Waals surface area (Å²) in [6, 6.07) is 12.2. The minimum atomic E-state index is -0.393. The van der Waals surface area contributed by atoms with Crippen LogP contribution in [0.5, 0.6) is 0 Å². The number of nitrogens with one attached hydrogen (secondary N) is 1. The van der Waals surface area contributed by atoms with Crippen LogP contribution in [0, 0.1) is 6.92 Å². The fourth-order valence-corrected chi connectivity index (χ4v) is 2.61. The van der Waals surface area contributed by atoms with Gasteiger partial charge in [-0.15, -0.1) is 11.6 Å². The summed E-state index contributed by atoms with van der Waals surface area (Å²) in [5, 5.41) is 7.88. The summed E-state index contributed by atoms with van der Waals surface area (Å²) in [4.78, 5) is 4.45. The zero-order valence-electron chi connectivity index (χ0n) is 12.0. The number of hydrogen-bond acceptors (Lipinski definition) is 3. The van der Waals surface area contributed by atoms with E-state index in [1.807, 2.05) is 41.9 Å². The number of nitrogens with zero attached hydrogens (tertiary/aromatic N) is 3. The summed E-state index contributed by atoms with van der Waals surface area (Å²) in [6.07, 6.45) is 3.58. The Bertz CT molecular complexity index is 753.